The Labute approximate surface area is 136 Å². The van der Waals surface area contributed by atoms with E-state index >= 15 is 0 Å². The fourth-order valence-electron chi connectivity index (χ4n) is 2.23. The number of rotatable bonds is 6. The van der Waals surface area contributed by atoms with Crippen molar-refractivity contribution < 1.29 is 9.21 Å². The molecule has 0 atom stereocenters. The first kappa shape index (κ1) is 15.5. The Morgan fingerprint density at radius 3 is 3.13 bits per heavy atom. The van der Waals surface area contributed by atoms with Gasteiger partial charge < -0.3 is 9.73 Å². The largest absolute Gasteiger partial charge is 0.417 e. The minimum atomic E-state index is -0.467. The number of fused-ring (bicyclic) bond motifs is 1. The number of benzene rings is 1. The fourth-order valence-corrected chi connectivity index (χ4v) is 2.97. The normalized spacial score (nSPS) is 11.0. The van der Waals surface area contributed by atoms with Crippen LogP contribution < -0.4 is 11.1 Å². The number of thiazole rings is 1. The summed E-state index contributed by atoms with van der Waals surface area (Å²) in [5.41, 5.74) is 2.85. The Bertz CT molecular complexity index is 878. The molecule has 0 fully saturated rings. The van der Waals surface area contributed by atoms with Gasteiger partial charge in [0.1, 0.15) is 5.01 Å². The molecule has 23 heavy (non-hydrogen) atoms. The van der Waals surface area contributed by atoms with E-state index in [9.17, 15) is 9.59 Å². The standard InChI is InChI=1S/C16H17N3O3S/c1-2-3-4-14(20)17-8-15-18-12(9-23-15)10-5-6-11-13(7-10)22-16(21)19-11/h5-7,9H,2-4,8H2,1H3,(H,17,20)(H,19,21). The van der Waals surface area contributed by atoms with Crippen molar-refractivity contribution in [2.24, 2.45) is 0 Å². The summed E-state index contributed by atoms with van der Waals surface area (Å²) in [4.78, 5) is 29.9. The van der Waals surface area contributed by atoms with E-state index in [1.165, 1.54) is 11.3 Å². The number of nitrogens with one attached hydrogen (secondary N) is 2. The molecular weight excluding hydrogens is 314 g/mol. The molecule has 1 amide bonds. The van der Waals surface area contributed by atoms with Gasteiger partial charge in [-0.2, -0.15) is 0 Å². The number of carbonyl (C=O) groups is 1. The van der Waals surface area contributed by atoms with Gasteiger partial charge in [-0.25, -0.2) is 9.78 Å². The van der Waals surface area contributed by atoms with E-state index in [-0.39, 0.29) is 5.91 Å². The first-order valence-electron chi connectivity index (χ1n) is 7.50. The van der Waals surface area contributed by atoms with Crippen molar-refractivity contribution >= 4 is 28.3 Å². The van der Waals surface area contributed by atoms with Crippen LogP contribution in [0.4, 0.5) is 0 Å². The lowest BCUT2D eigenvalue weighted by Crippen LogP contribution is -2.22. The zero-order chi connectivity index (χ0) is 16.2. The van der Waals surface area contributed by atoms with Crippen molar-refractivity contribution in [3.63, 3.8) is 0 Å². The summed E-state index contributed by atoms with van der Waals surface area (Å²) in [6, 6.07) is 5.46. The lowest BCUT2D eigenvalue weighted by molar-refractivity contribution is -0.121. The molecule has 120 valence electrons. The van der Waals surface area contributed by atoms with Gasteiger partial charge in [-0.15, -0.1) is 11.3 Å². The molecule has 3 aromatic rings. The summed E-state index contributed by atoms with van der Waals surface area (Å²) in [5, 5.41) is 5.65. The van der Waals surface area contributed by atoms with Gasteiger partial charge >= 0.3 is 5.76 Å². The molecule has 0 saturated carbocycles. The van der Waals surface area contributed by atoms with Crippen LogP contribution in [0.2, 0.25) is 0 Å². The van der Waals surface area contributed by atoms with Crippen LogP contribution in [-0.2, 0) is 11.3 Å². The number of carbonyl (C=O) groups excluding carboxylic acids is 1. The average Bonchev–Trinajstić information content (AvgIpc) is 3.15. The van der Waals surface area contributed by atoms with Crippen molar-refractivity contribution in [1.82, 2.24) is 15.3 Å². The third kappa shape index (κ3) is 3.68. The number of hydrogen-bond donors (Lipinski definition) is 2. The van der Waals surface area contributed by atoms with Crippen molar-refractivity contribution in [3.05, 3.63) is 39.1 Å². The maximum absolute atomic E-state index is 11.6. The van der Waals surface area contributed by atoms with E-state index in [2.05, 4.69) is 22.2 Å². The van der Waals surface area contributed by atoms with Crippen LogP contribution in [0.3, 0.4) is 0 Å². The molecule has 2 N–H and O–H groups in total. The number of aromatic nitrogens is 2. The van der Waals surface area contributed by atoms with Crippen molar-refractivity contribution in [1.29, 1.82) is 0 Å². The molecule has 6 nitrogen and oxygen atoms in total. The van der Waals surface area contributed by atoms with Gasteiger partial charge in [0.05, 0.1) is 17.8 Å². The van der Waals surface area contributed by atoms with Gasteiger partial charge in [-0.1, -0.05) is 19.4 Å². The maximum atomic E-state index is 11.6. The number of aromatic amines is 1. The molecule has 3 rings (SSSR count). The zero-order valence-corrected chi connectivity index (χ0v) is 13.5. The zero-order valence-electron chi connectivity index (χ0n) is 12.7. The van der Waals surface area contributed by atoms with Gasteiger partial charge in [0.2, 0.25) is 5.91 Å². The minimum absolute atomic E-state index is 0.0547. The molecule has 2 heterocycles. The van der Waals surface area contributed by atoms with Crippen LogP contribution in [0.5, 0.6) is 0 Å². The first-order chi connectivity index (χ1) is 11.2. The van der Waals surface area contributed by atoms with E-state index in [1.54, 1.807) is 12.1 Å². The number of H-pyrrole nitrogens is 1. The molecule has 0 radical (unpaired) electrons. The molecule has 0 aliphatic carbocycles. The van der Waals surface area contributed by atoms with Crippen LogP contribution in [0.1, 0.15) is 31.2 Å². The SMILES string of the molecule is CCCCC(=O)NCc1nc(-c2ccc3[nH]c(=O)oc3c2)cs1. The molecule has 1 aromatic carbocycles. The molecule has 7 heteroatoms. The second-order valence-electron chi connectivity index (χ2n) is 5.23. The van der Waals surface area contributed by atoms with E-state index in [4.69, 9.17) is 4.42 Å². The highest BCUT2D eigenvalue weighted by molar-refractivity contribution is 7.09. The van der Waals surface area contributed by atoms with E-state index in [0.717, 1.165) is 29.1 Å². The number of oxazole rings is 1. The van der Waals surface area contributed by atoms with Gasteiger partial charge in [0.15, 0.2) is 5.58 Å². The Hall–Kier alpha value is -2.41. The van der Waals surface area contributed by atoms with Crippen LogP contribution in [0.25, 0.3) is 22.4 Å². The van der Waals surface area contributed by atoms with Crippen LogP contribution in [-0.4, -0.2) is 15.9 Å². The highest BCUT2D eigenvalue weighted by Crippen LogP contribution is 2.24. The lowest BCUT2D eigenvalue weighted by atomic mass is 10.1. The van der Waals surface area contributed by atoms with E-state index in [1.807, 2.05) is 11.4 Å². The summed E-state index contributed by atoms with van der Waals surface area (Å²) in [6.45, 7) is 2.50. The summed E-state index contributed by atoms with van der Waals surface area (Å²) < 4.78 is 5.06. The van der Waals surface area contributed by atoms with Crippen molar-refractivity contribution in [3.8, 4) is 11.3 Å². The van der Waals surface area contributed by atoms with Gasteiger partial charge in [0.25, 0.3) is 0 Å². The highest BCUT2D eigenvalue weighted by Gasteiger charge is 2.09. The fraction of sp³-hybridized carbons (Fsp3) is 0.312. The molecule has 0 saturated heterocycles. The maximum Gasteiger partial charge on any atom is 0.417 e. The summed E-state index contributed by atoms with van der Waals surface area (Å²) in [6.07, 6.45) is 2.46. The number of nitrogens with zero attached hydrogens (tertiary/aromatic N) is 1. The Morgan fingerprint density at radius 2 is 2.30 bits per heavy atom. The number of unbranched alkanes of at least 4 members (excludes halogenated alkanes) is 1. The third-order valence-electron chi connectivity index (χ3n) is 3.46. The predicted molar refractivity (Wildman–Crippen MR) is 89.3 cm³/mol. The summed E-state index contributed by atoms with van der Waals surface area (Å²) in [5.74, 6) is -0.412. The third-order valence-corrected chi connectivity index (χ3v) is 4.31. The molecule has 0 bridgehead atoms. The smallest absolute Gasteiger partial charge is 0.408 e. The van der Waals surface area contributed by atoms with Crippen molar-refractivity contribution in [2.75, 3.05) is 0 Å². The van der Waals surface area contributed by atoms with E-state index in [0.29, 0.717) is 24.1 Å². The topological polar surface area (TPSA) is 88.0 Å². The highest BCUT2D eigenvalue weighted by atomic mass is 32.1. The van der Waals surface area contributed by atoms with Crippen molar-refractivity contribution in [2.45, 2.75) is 32.7 Å². The van der Waals surface area contributed by atoms with E-state index < -0.39 is 5.76 Å². The molecule has 0 spiro atoms. The number of amides is 1. The Morgan fingerprint density at radius 1 is 1.43 bits per heavy atom. The molecule has 0 aliphatic rings. The van der Waals surface area contributed by atoms with Crippen LogP contribution >= 0.6 is 11.3 Å². The van der Waals surface area contributed by atoms with Gasteiger partial charge in [-0.3, -0.25) is 9.78 Å². The first-order valence-corrected chi connectivity index (χ1v) is 8.38. The van der Waals surface area contributed by atoms with Crippen LogP contribution in [0.15, 0.2) is 32.8 Å². The second kappa shape index (κ2) is 6.78. The Balaban J connectivity index is 1.70. The monoisotopic (exact) mass is 331 g/mol. The van der Waals surface area contributed by atoms with Gasteiger partial charge in [0, 0.05) is 17.4 Å². The molecule has 0 aliphatic heterocycles. The van der Waals surface area contributed by atoms with Crippen LogP contribution in [0, 0.1) is 0 Å². The quantitative estimate of drug-likeness (QED) is 0.726. The van der Waals surface area contributed by atoms with Gasteiger partial charge in [-0.05, 0) is 18.6 Å². The number of hydrogen-bond acceptors (Lipinski definition) is 5. The summed E-state index contributed by atoms with van der Waals surface area (Å²) in [7, 11) is 0. The summed E-state index contributed by atoms with van der Waals surface area (Å²) >= 11 is 1.49. The predicted octanol–water partition coefficient (Wildman–Crippen LogP) is 3.05. The molecular formula is C16H17N3O3S. The molecule has 2 aromatic heterocycles. The Kier molecular flexibility index (Phi) is 4.57. The molecule has 0 unspecified atom stereocenters. The average molecular weight is 331 g/mol. The minimum Gasteiger partial charge on any atom is -0.408 e. The lowest BCUT2D eigenvalue weighted by Gasteiger charge is -2.01. The second-order valence-corrected chi connectivity index (χ2v) is 6.17.